The molecule has 2 heterocycles. The van der Waals surface area contributed by atoms with Crippen LogP contribution in [0.2, 0.25) is 0 Å². The van der Waals surface area contributed by atoms with E-state index in [1.165, 1.54) is 0 Å². The van der Waals surface area contributed by atoms with Gasteiger partial charge in [-0.05, 0) is 13.0 Å². The maximum absolute atomic E-state index is 7.50. The van der Waals surface area contributed by atoms with Crippen molar-refractivity contribution in [2.45, 2.75) is 32.7 Å². The molecular weight excluding hydrogens is 206 g/mol. The van der Waals surface area contributed by atoms with E-state index in [2.05, 4.69) is 5.10 Å². The van der Waals surface area contributed by atoms with Gasteiger partial charge in [-0.2, -0.15) is 5.10 Å². The number of aromatic nitrogens is 2. The van der Waals surface area contributed by atoms with Gasteiger partial charge in [-0.1, -0.05) is 0 Å². The van der Waals surface area contributed by atoms with Crippen LogP contribution in [-0.2, 0) is 24.4 Å². The third-order valence-electron chi connectivity index (χ3n) is 2.82. The highest BCUT2D eigenvalue weighted by Crippen LogP contribution is 2.17. The molecule has 0 aromatic carbocycles. The zero-order valence-electron chi connectivity index (χ0n) is 9.60. The molecule has 16 heavy (non-hydrogen) atoms. The van der Waals surface area contributed by atoms with Crippen LogP contribution in [0.5, 0.6) is 0 Å². The van der Waals surface area contributed by atoms with Crippen LogP contribution < -0.4 is 5.73 Å². The third kappa shape index (κ3) is 1.88. The highest BCUT2D eigenvalue weighted by molar-refractivity contribution is 5.75. The predicted molar refractivity (Wildman–Crippen MR) is 59.9 cm³/mol. The summed E-state index contributed by atoms with van der Waals surface area (Å²) in [5.41, 5.74) is 7.54. The zero-order valence-corrected chi connectivity index (χ0v) is 9.60. The quantitative estimate of drug-likeness (QED) is 0.551. The van der Waals surface area contributed by atoms with Gasteiger partial charge in [0.2, 0.25) is 0 Å². The van der Waals surface area contributed by atoms with Gasteiger partial charge in [0.1, 0.15) is 0 Å². The molecule has 1 aliphatic rings. The SMILES string of the molecule is COCc1cc2n(n1)CC(C)N(C(=N)N)C2. The highest BCUT2D eigenvalue weighted by Gasteiger charge is 2.24. The van der Waals surface area contributed by atoms with E-state index in [0.717, 1.165) is 17.9 Å². The number of guanidine groups is 1. The van der Waals surface area contributed by atoms with Crippen LogP contribution in [0.25, 0.3) is 0 Å². The van der Waals surface area contributed by atoms with Gasteiger partial charge in [-0.15, -0.1) is 0 Å². The van der Waals surface area contributed by atoms with Gasteiger partial charge >= 0.3 is 0 Å². The summed E-state index contributed by atoms with van der Waals surface area (Å²) in [5, 5.41) is 11.9. The fraction of sp³-hybridized carbons (Fsp3) is 0.600. The van der Waals surface area contributed by atoms with Crippen LogP contribution in [-0.4, -0.2) is 33.8 Å². The predicted octanol–water partition coefficient (Wildman–Crippen LogP) is 0.127. The maximum Gasteiger partial charge on any atom is 0.189 e. The molecule has 1 unspecified atom stereocenters. The molecule has 0 fully saturated rings. The summed E-state index contributed by atoms with van der Waals surface area (Å²) < 4.78 is 7.02. The van der Waals surface area contributed by atoms with Gasteiger partial charge in [0.05, 0.1) is 31.1 Å². The van der Waals surface area contributed by atoms with Gasteiger partial charge in [-0.3, -0.25) is 10.1 Å². The number of hydrogen-bond acceptors (Lipinski definition) is 3. The first kappa shape index (κ1) is 10.9. The van der Waals surface area contributed by atoms with E-state index in [-0.39, 0.29) is 12.0 Å². The Morgan fingerprint density at radius 2 is 2.50 bits per heavy atom. The summed E-state index contributed by atoms with van der Waals surface area (Å²) >= 11 is 0. The molecule has 0 bridgehead atoms. The molecule has 1 aliphatic heterocycles. The highest BCUT2D eigenvalue weighted by atomic mass is 16.5. The van der Waals surface area contributed by atoms with Crippen molar-refractivity contribution in [1.29, 1.82) is 5.41 Å². The number of nitrogens with one attached hydrogen (secondary N) is 1. The van der Waals surface area contributed by atoms with E-state index < -0.39 is 0 Å². The molecular formula is C10H17N5O. The molecule has 0 radical (unpaired) electrons. The smallest absolute Gasteiger partial charge is 0.189 e. The largest absolute Gasteiger partial charge is 0.378 e. The van der Waals surface area contributed by atoms with Gasteiger partial charge < -0.3 is 15.4 Å². The Labute approximate surface area is 94.5 Å². The van der Waals surface area contributed by atoms with E-state index in [9.17, 15) is 0 Å². The fourth-order valence-electron chi connectivity index (χ4n) is 2.02. The molecule has 3 N–H and O–H groups in total. The summed E-state index contributed by atoms with van der Waals surface area (Å²) in [7, 11) is 1.66. The average molecular weight is 223 g/mol. The van der Waals surface area contributed by atoms with Gasteiger partial charge in [0.25, 0.3) is 0 Å². The number of nitrogens with zero attached hydrogens (tertiary/aromatic N) is 3. The lowest BCUT2D eigenvalue weighted by atomic mass is 10.2. The first-order valence-corrected chi connectivity index (χ1v) is 5.27. The lowest BCUT2D eigenvalue weighted by molar-refractivity contribution is 0.179. The van der Waals surface area contributed by atoms with Gasteiger partial charge in [0.15, 0.2) is 5.96 Å². The Kier molecular flexibility index (Phi) is 2.82. The molecule has 88 valence electrons. The van der Waals surface area contributed by atoms with E-state index >= 15 is 0 Å². The second-order valence-corrected chi connectivity index (χ2v) is 4.10. The van der Waals surface area contributed by atoms with E-state index in [4.69, 9.17) is 15.9 Å². The van der Waals surface area contributed by atoms with Gasteiger partial charge in [-0.25, -0.2) is 0 Å². The maximum atomic E-state index is 7.50. The van der Waals surface area contributed by atoms with Crippen LogP contribution in [0, 0.1) is 5.41 Å². The lowest BCUT2D eigenvalue weighted by Gasteiger charge is -2.34. The summed E-state index contributed by atoms with van der Waals surface area (Å²) in [6, 6.07) is 2.21. The minimum atomic E-state index is 0.119. The lowest BCUT2D eigenvalue weighted by Crippen LogP contribution is -2.47. The molecule has 0 aliphatic carbocycles. The van der Waals surface area contributed by atoms with Crippen molar-refractivity contribution < 1.29 is 4.74 Å². The number of hydrogen-bond donors (Lipinski definition) is 2. The standard InChI is InChI=1S/C10H17N5O/c1-7-4-15-9(5-14(7)10(11)12)3-8(13-15)6-16-2/h3,7H,4-6H2,1-2H3,(H3,11,12). The first-order valence-electron chi connectivity index (χ1n) is 5.27. The average Bonchev–Trinajstić information content (AvgIpc) is 2.58. The van der Waals surface area contributed by atoms with Crippen LogP contribution in [0.15, 0.2) is 6.07 Å². The minimum absolute atomic E-state index is 0.119. The molecule has 1 atom stereocenters. The third-order valence-corrected chi connectivity index (χ3v) is 2.82. The van der Waals surface area contributed by atoms with E-state index in [0.29, 0.717) is 13.2 Å². The van der Waals surface area contributed by atoms with Crippen molar-refractivity contribution in [3.05, 3.63) is 17.5 Å². The Morgan fingerprint density at radius 3 is 3.12 bits per heavy atom. The molecule has 2 rings (SSSR count). The zero-order chi connectivity index (χ0) is 11.7. The molecule has 0 spiro atoms. The van der Waals surface area contributed by atoms with Crippen LogP contribution in [0.1, 0.15) is 18.3 Å². The van der Waals surface area contributed by atoms with Crippen LogP contribution in [0.4, 0.5) is 0 Å². The van der Waals surface area contributed by atoms with Crippen molar-refractivity contribution in [3.63, 3.8) is 0 Å². The summed E-state index contributed by atoms with van der Waals surface area (Å²) in [5.74, 6) is 0.119. The van der Waals surface area contributed by atoms with Crippen LogP contribution in [0.3, 0.4) is 0 Å². The number of methoxy groups -OCH3 is 1. The second-order valence-electron chi connectivity index (χ2n) is 4.10. The van der Waals surface area contributed by atoms with Crippen molar-refractivity contribution in [3.8, 4) is 0 Å². The van der Waals surface area contributed by atoms with E-state index in [1.807, 2.05) is 22.6 Å². The number of rotatable bonds is 2. The summed E-state index contributed by atoms with van der Waals surface area (Å²) in [6.45, 7) is 3.97. The molecule has 0 amide bonds. The Hall–Kier alpha value is -1.56. The molecule has 6 nitrogen and oxygen atoms in total. The van der Waals surface area contributed by atoms with Crippen molar-refractivity contribution in [2.75, 3.05) is 7.11 Å². The monoisotopic (exact) mass is 223 g/mol. The summed E-state index contributed by atoms with van der Waals surface area (Å²) in [6.07, 6.45) is 0. The number of nitrogens with two attached hydrogens (primary N) is 1. The first-order chi connectivity index (χ1) is 7.61. The van der Waals surface area contributed by atoms with Crippen LogP contribution >= 0.6 is 0 Å². The minimum Gasteiger partial charge on any atom is -0.378 e. The Balaban J connectivity index is 2.22. The van der Waals surface area contributed by atoms with Crippen molar-refractivity contribution in [1.82, 2.24) is 14.7 Å². The normalized spacial score (nSPS) is 19.6. The van der Waals surface area contributed by atoms with Gasteiger partial charge in [0, 0.05) is 13.2 Å². The fourth-order valence-corrected chi connectivity index (χ4v) is 2.02. The van der Waals surface area contributed by atoms with Crippen molar-refractivity contribution in [2.24, 2.45) is 5.73 Å². The molecule has 1 aromatic heterocycles. The second kappa shape index (κ2) is 4.13. The molecule has 6 heteroatoms. The molecule has 1 aromatic rings. The number of ether oxygens (including phenoxy) is 1. The Bertz CT molecular complexity index is 400. The topological polar surface area (TPSA) is 80.2 Å². The van der Waals surface area contributed by atoms with Crippen molar-refractivity contribution >= 4 is 5.96 Å². The molecule has 0 saturated carbocycles. The number of fused-ring (bicyclic) bond motifs is 1. The summed E-state index contributed by atoms with van der Waals surface area (Å²) in [4.78, 5) is 1.87. The Morgan fingerprint density at radius 1 is 1.75 bits per heavy atom. The van der Waals surface area contributed by atoms with E-state index in [1.54, 1.807) is 7.11 Å². The molecule has 0 saturated heterocycles.